The Bertz CT molecular complexity index is 857. The third-order valence-corrected chi connectivity index (χ3v) is 5.04. The number of ether oxygens (including phenoxy) is 2. The second kappa shape index (κ2) is 13.3. The van der Waals surface area contributed by atoms with Crippen molar-refractivity contribution in [3.05, 3.63) is 71.8 Å². The van der Waals surface area contributed by atoms with Crippen LogP contribution in [0.1, 0.15) is 38.3 Å². The van der Waals surface area contributed by atoms with Gasteiger partial charge in [0.15, 0.2) is 5.78 Å². The lowest BCUT2D eigenvalue weighted by molar-refractivity contribution is -0.125. The molecule has 172 valence electrons. The highest BCUT2D eigenvalue weighted by molar-refractivity contribution is 5.94. The lowest BCUT2D eigenvalue weighted by Gasteiger charge is -2.25. The van der Waals surface area contributed by atoms with E-state index in [0.717, 1.165) is 22.4 Å². The standard InChI is InChI=1S/C25H32N2O5/c1-4-19(2)15-27(25(30)32-17-22-13-9-6-10-14-22)24(29)26-20(3)23(28)18-31-16-21-11-7-5-8-12-21/h5-14,19-20H,4,15-18H2,1-3H3,(H,26,29)/t19?,20-/m0/s1. The van der Waals surface area contributed by atoms with Crippen LogP contribution in [0.25, 0.3) is 0 Å². The van der Waals surface area contributed by atoms with E-state index in [4.69, 9.17) is 9.47 Å². The molecule has 0 fully saturated rings. The topological polar surface area (TPSA) is 84.9 Å². The molecular formula is C25H32N2O5. The maximum Gasteiger partial charge on any atom is 0.418 e. The van der Waals surface area contributed by atoms with Crippen LogP contribution >= 0.6 is 0 Å². The molecule has 3 amide bonds. The Morgan fingerprint density at radius 1 is 0.906 bits per heavy atom. The molecule has 0 aliphatic heterocycles. The van der Waals surface area contributed by atoms with Gasteiger partial charge in [-0.2, -0.15) is 0 Å². The SMILES string of the molecule is CCC(C)CN(C(=O)N[C@@H](C)C(=O)COCc1ccccc1)C(=O)OCc1ccccc1. The van der Waals surface area contributed by atoms with Gasteiger partial charge in [0, 0.05) is 6.54 Å². The number of imide groups is 1. The predicted octanol–water partition coefficient (Wildman–Crippen LogP) is 4.56. The number of hydrogen-bond donors (Lipinski definition) is 1. The minimum Gasteiger partial charge on any atom is -0.444 e. The van der Waals surface area contributed by atoms with E-state index in [9.17, 15) is 14.4 Å². The fourth-order valence-corrected chi connectivity index (χ4v) is 2.79. The van der Waals surface area contributed by atoms with Crippen molar-refractivity contribution < 1.29 is 23.9 Å². The normalized spacial score (nSPS) is 12.5. The van der Waals surface area contributed by atoms with Crippen molar-refractivity contribution >= 4 is 17.9 Å². The molecule has 0 saturated carbocycles. The largest absolute Gasteiger partial charge is 0.444 e. The third-order valence-electron chi connectivity index (χ3n) is 5.04. The van der Waals surface area contributed by atoms with Crippen molar-refractivity contribution in [2.75, 3.05) is 13.2 Å². The summed E-state index contributed by atoms with van der Waals surface area (Å²) in [6.45, 7) is 5.92. The summed E-state index contributed by atoms with van der Waals surface area (Å²) in [7, 11) is 0. The van der Waals surface area contributed by atoms with Crippen molar-refractivity contribution in [3.8, 4) is 0 Å². The van der Waals surface area contributed by atoms with Gasteiger partial charge in [-0.3, -0.25) is 4.79 Å². The monoisotopic (exact) mass is 440 g/mol. The lowest BCUT2D eigenvalue weighted by Crippen LogP contribution is -2.50. The van der Waals surface area contributed by atoms with Crippen LogP contribution in [-0.2, 0) is 27.5 Å². The third kappa shape index (κ3) is 8.51. The first kappa shape index (κ1) is 25.1. The van der Waals surface area contributed by atoms with Gasteiger partial charge in [-0.1, -0.05) is 80.9 Å². The highest BCUT2D eigenvalue weighted by Gasteiger charge is 2.27. The van der Waals surface area contributed by atoms with E-state index in [0.29, 0.717) is 6.61 Å². The van der Waals surface area contributed by atoms with Crippen LogP contribution in [0.5, 0.6) is 0 Å². The molecule has 1 N–H and O–H groups in total. The summed E-state index contributed by atoms with van der Waals surface area (Å²) in [5, 5.41) is 2.59. The molecule has 0 spiro atoms. The number of carbonyl (C=O) groups excluding carboxylic acids is 3. The zero-order chi connectivity index (χ0) is 23.3. The first-order valence-electron chi connectivity index (χ1n) is 10.8. The van der Waals surface area contributed by atoms with E-state index in [1.165, 1.54) is 0 Å². The molecule has 1 unspecified atom stereocenters. The van der Waals surface area contributed by atoms with Gasteiger partial charge in [0.2, 0.25) is 0 Å². The van der Waals surface area contributed by atoms with E-state index in [1.54, 1.807) is 6.92 Å². The highest BCUT2D eigenvalue weighted by atomic mass is 16.6. The van der Waals surface area contributed by atoms with E-state index >= 15 is 0 Å². The minimum atomic E-state index is -0.806. The van der Waals surface area contributed by atoms with Crippen molar-refractivity contribution in [2.24, 2.45) is 5.92 Å². The number of rotatable bonds is 11. The molecule has 0 radical (unpaired) electrons. The predicted molar refractivity (Wildman–Crippen MR) is 122 cm³/mol. The summed E-state index contributed by atoms with van der Waals surface area (Å²) in [5.74, 6) is -0.194. The molecule has 2 rings (SSSR count). The first-order chi connectivity index (χ1) is 15.4. The Kier molecular flexibility index (Phi) is 10.4. The van der Waals surface area contributed by atoms with E-state index in [2.05, 4.69) is 5.32 Å². The maximum absolute atomic E-state index is 12.8. The summed E-state index contributed by atoms with van der Waals surface area (Å²) in [5.41, 5.74) is 1.78. The van der Waals surface area contributed by atoms with Crippen molar-refractivity contribution in [3.63, 3.8) is 0 Å². The van der Waals surface area contributed by atoms with E-state index in [1.807, 2.05) is 74.5 Å². The fraction of sp³-hybridized carbons (Fsp3) is 0.400. The Labute approximate surface area is 189 Å². The first-order valence-corrected chi connectivity index (χ1v) is 10.8. The lowest BCUT2D eigenvalue weighted by atomic mass is 10.1. The molecule has 2 atom stereocenters. The number of Topliss-reactive ketones (excluding diaryl/α,β-unsaturated/α-hetero) is 1. The second-order valence-electron chi connectivity index (χ2n) is 7.78. The molecule has 0 aliphatic carbocycles. The van der Waals surface area contributed by atoms with Gasteiger partial charge in [0.05, 0.1) is 12.6 Å². The number of amides is 3. The quantitative estimate of drug-likeness (QED) is 0.554. The molecule has 0 aliphatic rings. The molecule has 2 aromatic carbocycles. The van der Waals surface area contributed by atoms with Crippen LogP contribution in [0.15, 0.2) is 60.7 Å². The zero-order valence-electron chi connectivity index (χ0n) is 19.0. The molecule has 0 bridgehead atoms. The van der Waals surface area contributed by atoms with Crippen molar-refractivity contribution in [1.29, 1.82) is 0 Å². The van der Waals surface area contributed by atoms with Crippen molar-refractivity contribution in [1.82, 2.24) is 10.2 Å². The number of urea groups is 1. The molecule has 2 aromatic rings. The molecule has 32 heavy (non-hydrogen) atoms. The zero-order valence-corrected chi connectivity index (χ0v) is 19.0. The van der Waals surface area contributed by atoms with Gasteiger partial charge in [-0.15, -0.1) is 0 Å². The average molecular weight is 441 g/mol. The molecule has 7 heteroatoms. The molecule has 0 heterocycles. The van der Waals surface area contributed by atoms with E-state index < -0.39 is 18.2 Å². The summed E-state index contributed by atoms with van der Waals surface area (Å²) in [6, 6.07) is 17.3. The van der Waals surface area contributed by atoms with Crippen molar-refractivity contribution in [2.45, 2.75) is 46.4 Å². The van der Waals surface area contributed by atoms with Crippen LogP contribution in [0.4, 0.5) is 9.59 Å². The van der Waals surface area contributed by atoms with Crippen LogP contribution < -0.4 is 5.32 Å². The smallest absolute Gasteiger partial charge is 0.418 e. The number of ketones is 1. The molecule has 0 saturated heterocycles. The van der Waals surface area contributed by atoms with Gasteiger partial charge < -0.3 is 14.8 Å². The Balaban J connectivity index is 1.89. The number of nitrogens with zero attached hydrogens (tertiary/aromatic N) is 1. The number of carbonyl (C=O) groups is 3. The Morgan fingerprint density at radius 2 is 1.47 bits per heavy atom. The summed E-state index contributed by atoms with van der Waals surface area (Å²) in [6.07, 6.45) is 0.0454. The number of nitrogens with one attached hydrogen (secondary N) is 1. The average Bonchev–Trinajstić information content (AvgIpc) is 2.81. The number of benzene rings is 2. The highest BCUT2D eigenvalue weighted by Crippen LogP contribution is 2.09. The van der Waals surface area contributed by atoms with Gasteiger partial charge >= 0.3 is 12.1 Å². The van der Waals surface area contributed by atoms with Gasteiger partial charge in [0.25, 0.3) is 0 Å². The van der Waals surface area contributed by atoms with Crippen LogP contribution in [0.2, 0.25) is 0 Å². The van der Waals surface area contributed by atoms with Crippen LogP contribution in [0, 0.1) is 5.92 Å². The number of hydrogen-bond acceptors (Lipinski definition) is 5. The fourth-order valence-electron chi connectivity index (χ4n) is 2.79. The van der Waals surface area contributed by atoms with Gasteiger partial charge in [-0.25, -0.2) is 14.5 Å². The summed E-state index contributed by atoms with van der Waals surface area (Å²) >= 11 is 0. The van der Waals surface area contributed by atoms with Crippen LogP contribution in [0.3, 0.4) is 0 Å². The van der Waals surface area contributed by atoms with Crippen LogP contribution in [-0.4, -0.2) is 42.0 Å². The molecular weight excluding hydrogens is 408 g/mol. The summed E-state index contributed by atoms with van der Waals surface area (Å²) < 4.78 is 10.8. The molecule has 7 nitrogen and oxygen atoms in total. The summed E-state index contributed by atoms with van der Waals surface area (Å²) in [4.78, 5) is 38.8. The Morgan fingerprint density at radius 3 is 2.03 bits per heavy atom. The van der Waals surface area contributed by atoms with Gasteiger partial charge in [0.1, 0.15) is 13.2 Å². The second-order valence-corrected chi connectivity index (χ2v) is 7.78. The molecule has 0 aromatic heterocycles. The Hall–Kier alpha value is -3.19. The minimum absolute atomic E-state index is 0.0613. The van der Waals surface area contributed by atoms with Gasteiger partial charge in [-0.05, 0) is 24.0 Å². The van der Waals surface area contributed by atoms with E-state index in [-0.39, 0.29) is 31.5 Å². The maximum atomic E-state index is 12.8.